The molecule has 2 aromatic carbocycles. The van der Waals surface area contributed by atoms with Crippen LogP contribution in [0.2, 0.25) is 0 Å². The lowest BCUT2D eigenvalue weighted by Gasteiger charge is -2.33. The van der Waals surface area contributed by atoms with Gasteiger partial charge in [-0.05, 0) is 58.1 Å². The van der Waals surface area contributed by atoms with Gasteiger partial charge in [0.05, 0.1) is 5.56 Å². The highest BCUT2D eigenvalue weighted by Crippen LogP contribution is 2.31. The lowest BCUT2D eigenvalue weighted by molar-refractivity contribution is 0.0980. The minimum atomic E-state index is -0.356. The average molecular weight is 348 g/mol. The number of nitrogens with zero attached hydrogens (tertiary/aromatic N) is 1. The van der Waals surface area contributed by atoms with E-state index >= 15 is 0 Å². The first-order valence-corrected chi connectivity index (χ1v) is 7.70. The van der Waals surface area contributed by atoms with E-state index in [0.717, 1.165) is 12.1 Å². The zero-order valence-electron chi connectivity index (χ0n) is 11.6. The van der Waals surface area contributed by atoms with Gasteiger partial charge in [-0.2, -0.15) is 0 Å². The molecular formula is C17H15BrFNO. The Bertz CT molecular complexity index is 701. The molecular weight excluding hydrogens is 333 g/mol. The van der Waals surface area contributed by atoms with Crippen LogP contribution in [0.5, 0.6) is 0 Å². The molecule has 21 heavy (non-hydrogen) atoms. The zero-order valence-corrected chi connectivity index (χ0v) is 13.2. The van der Waals surface area contributed by atoms with Gasteiger partial charge in [-0.25, -0.2) is 4.39 Å². The van der Waals surface area contributed by atoms with Gasteiger partial charge in [0.15, 0.2) is 0 Å². The summed E-state index contributed by atoms with van der Waals surface area (Å²) in [6.45, 7) is 2.82. The van der Waals surface area contributed by atoms with E-state index in [1.807, 2.05) is 18.2 Å². The molecule has 1 atom stereocenters. The van der Waals surface area contributed by atoms with Crippen LogP contribution in [-0.2, 0) is 6.42 Å². The maximum absolute atomic E-state index is 13.2. The van der Waals surface area contributed by atoms with Crippen LogP contribution in [0.25, 0.3) is 0 Å². The summed E-state index contributed by atoms with van der Waals surface area (Å²) in [5, 5.41) is 0. The highest BCUT2D eigenvalue weighted by Gasteiger charge is 2.27. The summed E-state index contributed by atoms with van der Waals surface area (Å²) in [6, 6.07) is 12.1. The maximum atomic E-state index is 13.2. The summed E-state index contributed by atoms with van der Waals surface area (Å²) < 4.78 is 13.7. The van der Waals surface area contributed by atoms with E-state index in [1.165, 1.54) is 23.8 Å². The quantitative estimate of drug-likeness (QED) is 0.747. The fourth-order valence-electron chi connectivity index (χ4n) is 2.80. The Labute approximate surface area is 131 Å². The SMILES string of the molecule is CC1Cc2ccccc2N(C(=O)c2ccc(F)cc2Br)C1. The van der Waals surface area contributed by atoms with E-state index in [9.17, 15) is 9.18 Å². The molecule has 3 rings (SSSR count). The molecule has 2 aromatic rings. The van der Waals surface area contributed by atoms with Crippen molar-refractivity contribution in [3.8, 4) is 0 Å². The van der Waals surface area contributed by atoms with Crippen molar-refractivity contribution in [2.24, 2.45) is 5.92 Å². The second-order valence-corrected chi connectivity index (χ2v) is 6.33. The van der Waals surface area contributed by atoms with E-state index in [4.69, 9.17) is 0 Å². The third-order valence-corrected chi connectivity index (χ3v) is 4.41. The average Bonchev–Trinajstić information content (AvgIpc) is 2.45. The number of hydrogen-bond donors (Lipinski definition) is 0. The van der Waals surface area contributed by atoms with Crippen molar-refractivity contribution in [2.45, 2.75) is 13.3 Å². The van der Waals surface area contributed by atoms with Crippen LogP contribution in [0.4, 0.5) is 10.1 Å². The fraction of sp³-hybridized carbons (Fsp3) is 0.235. The van der Waals surface area contributed by atoms with Crippen LogP contribution in [0.15, 0.2) is 46.9 Å². The summed E-state index contributed by atoms with van der Waals surface area (Å²) in [6.07, 6.45) is 0.977. The van der Waals surface area contributed by atoms with Crippen LogP contribution in [-0.4, -0.2) is 12.5 Å². The lowest BCUT2D eigenvalue weighted by atomic mass is 9.93. The van der Waals surface area contributed by atoms with Crippen molar-refractivity contribution in [1.29, 1.82) is 0 Å². The number of halogens is 2. The lowest BCUT2D eigenvalue weighted by Crippen LogP contribution is -2.39. The number of rotatable bonds is 1. The maximum Gasteiger partial charge on any atom is 0.259 e. The molecule has 0 bridgehead atoms. The molecule has 1 heterocycles. The van der Waals surface area contributed by atoms with Crippen molar-refractivity contribution in [3.05, 3.63) is 63.9 Å². The number of anilines is 1. The van der Waals surface area contributed by atoms with Crippen LogP contribution in [0.1, 0.15) is 22.8 Å². The molecule has 108 valence electrons. The number of carbonyl (C=O) groups is 1. The Kier molecular flexibility index (Phi) is 3.81. The molecule has 4 heteroatoms. The topological polar surface area (TPSA) is 20.3 Å². The third kappa shape index (κ3) is 2.72. The summed E-state index contributed by atoms with van der Waals surface area (Å²) in [4.78, 5) is 14.6. The Morgan fingerprint density at radius 3 is 2.81 bits per heavy atom. The third-order valence-electron chi connectivity index (χ3n) is 3.75. The van der Waals surface area contributed by atoms with Gasteiger partial charge in [-0.3, -0.25) is 4.79 Å². The predicted molar refractivity (Wildman–Crippen MR) is 85.1 cm³/mol. The Hall–Kier alpha value is -1.68. The zero-order chi connectivity index (χ0) is 15.0. The van der Waals surface area contributed by atoms with Crippen molar-refractivity contribution in [2.75, 3.05) is 11.4 Å². The summed E-state index contributed by atoms with van der Waals surface area (Å²) in [5.41, 5.74) is 2.62. The van der Waals surface area contributed by atoms with Crippen LogP contribution < -0.4 is 4.90 Å². The predicted octanol–water partition coefficient (Wildman–Crippen LogP) is 4.43. The summed E-state index contributed by atoms with van der Waals surface area (Å²) >= 11 is 3.28. The first-order valence-electron chi connectivity index (χ1n) is 6.91. The monoisotopic (exact) mass is 347 g/mol. The van der Waals surface area contributed by atoms with Crippen LogP contribution >= 0.6 is 15.9 Å². The fourth-order valence-corrected chi connectivity index (χ4v) is 3.32. The molecule has 0 fully saturated rings. The van der Waals surface area contributed by atoms with Crippen LogP contribution in [0.3, 0.4) is 0 Å². The Morgan fingerprint density at radius 1 is 1.29 bits per heavy atom. The number of benzene rings is 2. The van der Waals surface area contributed by atoms with E-state index in [-0.39, 0.29) is 11.7 Å². The first kappa shape index (κ1) is 14.3. The molecule has 1 aliphatic heterocycles. The molecule has 1 amide bonds. The molecule has 0 saturated carbocycles. The number of para-hydroxylation sites is 1. The van der Waals surface area contributed by atoms with Gasteiger partial charge >= 0.3 is 0 Å². The highest BCUT2D eigenvalue weighted by atomic mass is 79.9. The second-order valence-electron chi connectivity index (χ2n) is 5.48. The van der Waals surface area contributed by atoms with Gasteiger partial charge in [-0.1, -0.05) is 25.1 Å². The highest BCUT2D eigenvalue weighted by molar-refractivity contribution is 9.10. The van der Waals surface area contributed by atoms with Crippen molar-refractivity contribution >= 4 is 27.5 Å². The van der Waals surface area contributed by atoms with E-state index in [1.54, 1.807) is 4.90 Å². The van der Waals surface area contributed by atoms with Gasteiger partial charge < -0.3 is 4.90 Å². The molecule has 2 nitrogen and oxygen atoms in total. The van der Waals surface area contributed by atoms with Crippen LogP contribution in [0, 0.1) is 11.7 Å². The number of carbonyl (C=O) groups excluding carboxylic acids is 1. The van der Waals surface area contributed by atoms with E-state index in [0.29, 0.717) is 22.5 Å². The first-order chi connectivity index (χ1) is 10.1. The summed E-state index contributed by atoms with van der Waals surface area (Å²) in [5.74, 6) is -0.0465. The number of hydrogen-bond acceptors (Lipinski definition) is 1. The molecule has 0 aliphatic carbocycles. The van der Waals surface area contributed by atoms with Crippen molar-refractivity contribution in [3.63, 3.8) is 0 Å². The Morgan fingerprint density at radius 2 is 2.05 bits per heavy atom. The molecule has 0 radical (unpaired) electrons. The minimum Gasteiger partial charge on any atom is -0.308 e. The molecule has 1 unspecified atom stereocenters. The van der Waals surface area contributed by atoms with Crippen molar-refractivity contribution in [1.82, 2.24) is 0 Å². The molecule has 0 saturated heterocycles. The standard InChI is InChI=1S/C17H15BrFNO/c1-11-8-12-4-2-3-5-16(12)20(10-11)17(21)14-7-6-13(19)9-15(14)18/h2-7,9,11H,8,10H2,1H3. The van der Waals surface area contributed by atoms with E-state index in [2.05, 4.69) is 28.9 Å². The molecule has 1 aliphatic rings. The normalized spacial score (nSPS) is 17.5. The number of fused-ring (bicyclic) bond motifs is 1. The van der Waals surface area contributed by atoms with Gasteiger partial charge in [0.1, 0.15) is 5.82 Å². The molecule has 0 spiro atoms. The summed E-state index contributed by atoms with van der Waals surface area (Å²) in [7, 11) is 0. The van der Waals surface area contributed by atoms with Gasteiger partial charge in [-0.15, -0.1) is 0 Å². The van der Waals surface area contributed by atoms with Gasteiger partial charge in [0.2, 0.25) is 0 Å². The van der Waals surface area contributed by atoms with Gasteiger partial charge in [0, 0.05) is 16.7 Å². The molecule has 0 aromatic heterocycles. The number of amides is 1. The smallest absolute Gasteiger partial charge is 0.259 e. The Balaban J connectivity index is 2.02. The van der Waals surface area contributed by atoms with E-state index < -0.39 is 0 Å². The largest absolute Gasteiger partial charge is 0.308 e. The molecule has 0 N–H and O–H groups in total. The van der Waals surface area contributed by atoms with Gasteiger partial charge in [0.25, 0.3) is 5.91 Å². The minimum absolute atomic E-state index is 0.0964. The van der Waals surface area contributed by atoms with Crippen molar-refractivity contribution < 1.29 is 9.18 Å². The second kappa shape index (κ2) is 5.60.